The third-order valence-electron chi connectivity index (χ3n) is 1.60. The minimum Gasteiger partial charge on any atom is -0.318 e. The number of rotatable bonds is 2. The van der Waals surface area contributed by atoms with E-state index in [0.717, 1.165) is 5.56 Å². The number of hydrogen-bond acceptors (Lipinski definition) is 2. The van der Waals surface area contributed by atoms with E-state index >= 15 is 0 Å². The van der Waals surface area contributed by atoms with Crippen LogP contribution in [-0.4, -0.2) is 5.78 Å². The SMILES string of the molecule is CC(=O)C(N)c1ccccc1.Cl. The Labute approximate surface area is 78.2 Å². The molecule has 1 aromatic carbocycles. The van der Waals surface area contributed by atoms with E-state index in [2.05, 4.69) is 0 Å². The largest absolute Gasteiger partial charge is 0.318 e. The maximum atomic E-state index is 10.8. The van der Waals surface area contributed by atoms with Crippen molar-refractivity contribution in [3.8, 4) is 0 Å². The number of ketones is 1. The molecule has 0 amide bonds. The maximum Gasteiger partial charge on any atom is 0.150 e. The summed E-state index contributed by atoms with van der Waals surface area (Å²) in [5, 5.41) is 0. The normalized spacial score (nSPS) is 11.5. The second-order valence-corrected chi connectivity index (χ2v) is 2.50. The average molecular weight is 186 g/mol. The lowest BCUT2D eigenvalue weighted by atomic mass is 10.1. The molecule has 1 rings (SSSR count). The molecular formula is C9H12ClNO. The monoisotopic (exact) mass is 185 g/mol. The number of benzene rings is 1. The molecule has 1 aromatic rings. The van der Waals surface area contributed by atoms with Crippen molar-refractivity contribution in [1.82, 2.24) is 0 Å². The van der Waals surface area contributed by atoms with Crippen LogP contribution < -0.4 is 5.73 Å². The Balaban J connectivity index is 0.00000121. The number of carbonyl (C=O) groups is 1. The van der Waals surface area contributed by atoms with Crippen LogP contribution in [0.25, 0.3) is 0 Å². The lowest BCUT2D eigenvalue weighted by Gasteiger charge is -2.06. The van der Waals surface area contributed by atoms with Crippen LogP contribution >= 0.6 is 12.4 Å². The lowest BCUT2D eigenvalue weighted by Crippen LogP contribution is -2.18. The quantitative estimate of drug-likeness (QED) is 0.762. The molecule has 0 aliphatic carbocycles. The van der Waals surface area contributed by atoms with E-state index in [9.17, 15) is 4.79 Å². The second kappa shape index (κ2) is 4.91. The molecule has 12 heavy (non-hydrogen) atoms. The highest BCUT2D eigenvalue weighted by Gasteiger charge is 2.08. The fourth-order valence-corrected chi connectivity index (χ4v) is 0.895. The number of carbonyl (C=O) groups excluding carboxylic acids is 1. The highest BCUT2D eigenvalue weighted by Crippen LogP contribution is 2.09. The summed E-state index contributed by atoms with van der Waals surface area (Å²) in [5.41, 5.74) is 6.46. The number of halogens is 1. The van der Waals surface area contributed by atoms with E-state index in [1.54, 1.807) is 0 Å². The van der Waals surface area contributed by atoms with Gasteiger partial charge in [0.25, 0.3) is 0 Å². The summed E-state index contributed by atoms with van der Waals surface area (Å²) in [6.45, 7) is 1.50. The number of hydrogen-bond donors (Lipinski definition) is 1. The molecule has 0 fully saturated rings. The standard InChI is InChI=1S/C9H11NO.ClH/c1-7(11)9(10)8-5-3-2-4-6-8;/h2-6,9H,10H2,1H3;1H. The third-order valence-corrected chi connectivity index (χ3v) is 1.60. The summed E-state index contributed by atoms with van der Waals surface area (Å²) in [4.78, 5) is 10.8. The lowest BCUT2D eigenvalue weighted by molar-refractivity contribution is -0.118. The smallest absolute Gasteiger partial charge is 0.150 e. The van der Waals surface area contributed by atoms with Crippen LogP contribution in [0.4, 0.5) is 0 Å². The van der Waals surface area contributed by atoms with Gasteiger partial charge in [0.2, 0.25) is 0 Å². The van der Waals surface area contributed by atoms with Gasteiger partial charge in [0.15, 0.2) is 5.78 Å². The third kappa shape index (κ3) is 2.64. The molecule has 66 valence electrons. The molecule has 0 aliphatic heterocycles. The van der Waals surface area contributed by atoms with Gasteiger partial charge in [-0.2, -0.15) is 0 Å². The van der Waals surface area contributed by atoms with Gasteiger partial charge in [-0.15, -0.1) is 12.4 Å². The molecule has 0 radical (unpaired) electrons. The average Bonchev–Trinajstić information content (AvgIpc) is 2.05. The minimum atomic E-state index is -0.462. The number of Topliss-reactive ketones (excluding diaryl/α,β-unsaturated/α-hetero) is 1. The molecule has 1 atom stereocenters. The van der Waals surface area contributed by atoms with Gasteiger partial charge in [0.05, 0.1) is 6.04 Å². The van der Waals surface area contributed by atoms with E-state index in [-0.39, 0.29) is 18.2 Å². The zero-order chi connectivity index (χ0) is 8.27. The van der Waals surface area contributed by atoms with E-state index in [4.69, 9.17) is 5.73 Å². The molecule has 0 saturated carbocycles. The summed E-state index contributed by atoms with van der Waals surface area (Å²) in [6.07, 6.45) is 0. The first-order chi connectivity index (χ1) is 5.22. The molecule has 0 spiro atoms. The Morgan fingerprint density at radius 3 is 2.25 bits per heavy atom. The van der Waals surface area contributed by atoms with Gasteiger partial charge in [-0.05, 0) is 12.5 Å². The summed E-state index contributed by atoms with van der Waals surface area (Å²) < 4.78 is 0. The Hall–Kier alpha value is -0.860. The molecular weight excluding hydrogens is 174 g/mol. The first-order valence-corrected chi connectivity index (χ1v) is 3.53. The molecule has 0 bridgehead atoms. The first-order valence-electron chi connectivity index (χ1n) is 3.53. The van der Waals surface area contributed by atoms with E-state index in [0.29, 0.717) is 0 Å². The van der Waals surface area contributed by atoms with Crippen LogP contribution in [0.1, 0.15) is 18.5 Å². The first kappa shape index (κ1) is 11.1. The predicted octanol–water partition coefficient (Wildman–Crippen LogP) is 1.70. The van der Waals surface area contributed by atoms with Crippen molar-refractivity contribution < 1.29 is 4.79 Å². The van der Waals surface area contributed by atoms with Gasteiger partial charge in [-0.25, -0.2) is 0 Å². The molecule has 0 aliphatic rings. The summed E-state index contributed by atoms with van der Waals surface area (Å²) in [6, 6.07) is 8.89. The van der Waals surface area contributed by atoms with Gasteiger partial charge in [0.1, 0.15) is 0 Å². The van der Waals surface area contributed by atoms with E-state index < -0.39 is 6.04 Å². The predicted molar refractivity (Wildman–Crippen MR) is 51.3 cm³/mol. The topological polar surface area (TPSA) is 43.1 Å². The van der Waals surface area contributed by atoms with E-state index in [1.165, 1.54) is 6.92 Å². The zero-order valence-electron chi connectivity index (χ0n) is 6.86. The minimum absolute atomic E-state index is 0. The van der Waals surface area contributed by atoms with Crippen LogP contribution in [-0.2, 0) is 4.79 Å². The summed E-state index contributed by atoms with van der Waals surface area (Å²) in [7, 11) is 0. The van der Waals surface area contributed by atoms with Gasteiger partial charge in [-0.1, -0.05) is 30.3 Å². The highest BCUT2D eigenvalue weighted by molar-refractivity contribution is 5.85. The Morgan fingerprint density at radius 1 is 1.33 bits per heavy atom. The van der Waals surface area contributed by atoms with Crippen LogP contribution in [0, 0.1) is 0 Å². The van der Waals surface area contributed by atoms with Crippen LogP contribution in [0.5, 0.6) is 0 Å². The highest BCUT2D eigenvalue weighted by atomic mass is 35.5. The van der Waals surface area contributed by atoms with Crippen molar-refractivity contribution in [3.63, 3.8) is 0 Å². The van der Waals surface area contributed by atoms with Gasteiger partial charge in [-0.3, -0.25) is 4.79 Å². The fraction of sp³-hybridized carbons (Fsp3) is 0.222. The van der Waals surface area contributed by atoms with Gasteiger partial charge < -0.3 is 5.73 Å². The zero-order valence-corrected chi connectivity index (χ0v) is 7.67. The molecule has 0 saturated heterocycles. The van der Waals surface area contributed by atoms with Crippen molar-refractivity contribution in [3.05, 3.63) is 35.9 Å². The molecule has 2 N–H and O–H groups in total. The van der Waals surface area contributed by atoms with E-state index in [1.807, 2.05) is 30.3 Å². The van der Waals surface area contributed by atoms with Crippen LogP contribution in [0.3, 0.4) is 0 Å². The summed E-state index contributed by atoms with van der Waals surface area (Å²) in [5.74, 6) is -0.00352. The van der Waals surface area contributed by atoms with Crippen molar-refractivity contribution in [2.75, 3.05) is 0 Å². The Kier molecular flexibility index (Phi) is 4.55. The molecule has 1 unspecified atom stereocenters. The molecule has 3 heteroatoms. The van der Waals surface area contributed by atoms with Gasteiger partial charge >= 0.3 is 0 Å². The maximum absolute atomic E-state index is 10.8. The molecule has 2 nitrogen and oxygen atoms in total. The van der Waals surface area contributed by atoms with Crippen LogP contribution in [0.15, 0.2) is 30.3 Å². The summed E-state index contributed by atoms with van der Waals surface area (Å²) >= 11 is 0. The molecule has 0 aromatic heterocycles. The van der Waals surface area contributed by atoms with Gasteiger partial charge in [0, 0.05) is 0 Å². The van der Waals surface area contributed by atoms with Crippen molar-refractivity contribution >= 4 is 18.2 Å². The molecule has 0 heterocycles. The number of nitrogens with two attached hydrogens (primary N) is 1. The van der Waals surface area contributed by atoms with Crippen molar-refractivity contribution in [1.29, 1.82) is 0 Å². The van der Waals surface area contributed by atoms with Crippen LogP contribution in [0.2, 0.25) is 0 Å². The Morgan fingerprint density at radius 2 is 1.83 bits per heavy atom. The van der Waals surface area contributed by atoms with Crippen molar-refractivity contribution in [2.45, 2.75) is 13.0 Å². The van der Waals surface area contributed by atoms with Crippen molar-refractivity contribution in [2.24, 2.45) is 5.73 Å². The fourth-order valence-electron chi connectivity index (χ4n) is 0.895. The second-order valence-electron chi connectivity index (χ2n) is 2.50. The Bertz CT molecular complexity index is 248.